The van der Waals surface area contributed by atoms with Gasteiger partial charge in [-0.2, -0.15) is 0 Å². The molecule has 4 nitrogen and oxygen atoms in total. The Kier molecular flexibility index (Phi) is 4.34. The van der Waals surface area contributed by atoms with Gasteiger partial charge in [-0.3, -0.25) is 0 Å². The van der Waals surface area contributed by atoms with E-state index in [9.17, 15) is 9.18 Å². The standard InChI is InChI=1S/C14H15FN2O2S/c1-3-19-13(18)11-8(2)16-14(20)17-12(11)9-4-6-10(15)7-5-9/h4-7,12H,3H2,1-2H3,(H2,16,17,20)/t12-/m1/s1. The van der Waals surface area contributed by atoms with Crippen LogP contribution in [0.1, 0.15) is 25.5 Å². The van der Waals surface area contributed by atoms with Crippen molar-refractivity contribution in [3.05, 3.63) is 46.9 Å². The summed E-state index contributed by atoms with van der Waals surface area (Å²) in [5, 5.41) is 6.34. The average Bonchev–Trinajstić information content (AvgIpc) is 2.38. The number of rotatable bonds is 3. The van der Waals surface area contributed by atoms with E-state index in [0.717, 1.165) is 5.56 Å². The molecule has 20 heavy (non-hydrogen) atoms. The van der Waals surface area contributed by atoms with Crippen molar-refractivity contribution in [3.63, 3.8) is 0 Å². The van der Waals surface area contributed by atoms with Crippen LogP contribution in [0.5, 0.6) is 0 Å². The minimum Gasteiger partial charge on any atom is -0.463 e. The van der Waals surface area contributed by atoms with E-state index < -0.39 is 12.0 Å². The maximum atomic E-state index is 13.0. The lowest BCUT2D eigenvalue weighted by Crippen LogP contribution is -2.45. The molecule has 0 bridgehead atoms. The van der Waals surface area contributed by atoms with E-state index in [4.69, 9.17) is 17.0 Å². The monoisotopic (exact) mass is 294 g/mol. The number of halogens is 1. The molecule has 2 N–H and O–H groups in total. The van der Waals surface area contributed by atoms with E-state index in [1.807, 2.05) is 0 Å². The number of esters is 1. The number of thiocarbonyl (C=S) groups is 1. The number of ether oxygens (including phenoxy) is 1. The summed E-state index contributed by atoms with van der Waals surface area (Å²) in [6.45, 7) is 3.79. The van der Waals surface area contributed by atoms with Crippen LogP contribution in [-0.2, 0) is 9.53 Å². The highest BCUT2D eigenvalue weighted by Gasteiger charge is 2.30. The van der Waals surface area contributed by atoms with Gasteiger partial charge in [0.05, 0.1) is 18.2 Å². The summed E-state index contributed by atoms with van der Waals surface area (Å²) < 4.78 is 18.1. The average molecular weight is 294 g/mol. The van der Waals surface area contributed by atoms with Gasteiger partial charge in [-0.05, 0) is 43.8 Å². The molecule has 0 unspecified atom stereocenters. The quantitative estimate of drug-likeness (QED) is 0.661. The van der Waals surface area contributed by atoms with Crippen molar-refractivity contribution in [2.24, 2.45) is 0 Å². The molecule has 0 saturated carbocycles. The van der Waals surface area contributed by atoms with Crippen molar-refractivity contribution in [1.29, 1.82) is 0 Å². The fourth-order valence-electron chi connectivity index (χ4n) is 2.08. The van der Waals surface area contributed by atoms with Crippen LogP contribution in [0.2, 0.25) is 0 Å². The van der Waals surface area contributed by atoms with Gasteiger partial charge in [-0.1, -0.05) is 12.1 Å². The SMILES string of the molecule is CCOC(=O)C1=C(C)NC(=S)N[C@@H]1c1ccc(F)cc1. The second-order valence-corrected chi connectivity index (χ2v) is 4.75. The molecule has 106 valence electrons. The highest BCUT2D eigenvalue weighted by Crippen LogP contribution is 2.27. The van der Waals surface area contributed by atoms with E-state index >= 15 is 0 Å². The molecule has 0 radical (unpaired) electrons. The summed E-state index contributed by atoms with van der Waals surface area (Å²) in [6, 6.07) is 5.49. The second kappa shape index (κ2) is 6.00. The molecule has 0 aromatic heterocycles. The Labute approximate surface area is 122 Å². The third-order valence-electron chi connectivity index (χ3n) is 2.97. The first-order valence-corrected chi connectivity index (χ1v) is 6.64. The van der Waals surface area contributed by atoms with Crippen molar-refractivity contribution in [1.82, 2.24) is 10.6 Å². The zero-order chi connectivity index (χ0) is 14.7. The van der Waals surface area contributed by atoms with Gasteiger partial charge in [-0.15, -0.1) is 0 Å². The zero-order valence-corrected chi connectivity index (χ0v) is 12.0. The number of carbonyl (C=O) groups is 1. The summed E-state index contributed by atoms with van der Waals surface area (Å²) in [4.78, 5) is 12.1. The summed E-state index contributed by atoms with van der Waals surface area (Å²) in [5.41, 5.74) is 1.84. The molecule has 1 aromatic carbocycles. The molecule has 6 heteroatoms. The van der Waals surface area contributed by atoms with Crippen LogP contribution < -0.4 is 10.6 Å². The van der Waals surface area contributed by atoms with Gasteiger partial charge in [0.25, 0.3) is 0 Å². The third-order valence-corrected chi connectivity index (χ3v) is 3.19. The maximum absolute atomic E-state index is 13.0. The first kappa shape index (κ1) is 14.5. The molecular weight excluding hydrogens is 279 g/mol. The molecule has 1 aromatic rings. The van der Waals surface area contributed by atoms with E-state index in [1.54, 1.807) is 26.0 Å². The lowest BCUT2D eigenvalue weighted by molar-refractivity contribution is -0.139. The van der Waals surface area contributed by atoms with Crippen LogP contribution in [0.15, 0.2) is 35.5 Å². The number of carbonyl (C=O) groups excluding carboxylic acids is 1. The van der Waals surface area contributed by atoms with E-state index in [-0.39, 0.29) is 12.4 Å². The van der Waals surface area contributed by atoms with Crippen LogP contribution in [0.3, 0.4) is 0 Å². The van der Waals surface area contributed by atoms with Crippen LogP contribution in [-0.4, -0.2) is 17.7 Å². The van der Waals surface area contributed by atoms with Gasteiger partial charge >= 0.3 is 5.97 Å². The fourth-order valence-corrected chi connectivity index (χ4v) is 2.35. The Balaban J connectivity index is 2.41. The van der Waals surface area contributed by atoms with Gasteiger partial charge in [0.2, 0.25) is 0 Å². The summed E-state index contributed by atoms with van der Waals surface area (Å²) >= 11 is 5.11. The van der Waals surface area contributed by atoms with Crippen LogP contribution in [0.25, 0.3) is 0 Å². The predicted octanol–water partition coefficient (Wildman–Crippen LogP) is 2.18. The smallest absolute Gasteiger partial charge is 0.338 e. The Morgan fingerprint density at radius 3 is 2.65 bits per heavy atom. The predicted molar refractivity (Wildman–Crippen MR) is 77.3 cm³/mol. The molecule has 1 aliphatic rings. The van der Waals surface area contributed by atoms with Gasteiger partial charge in [0, 0.05) is 5.70 Å². The van der Waals surface area contributed by atoms with E-state index in [2.05, 4.69) is 10.6 Å². The lowest BCUT2D eigenvalue weighted by Gasteiger charge is -2.29. The number of benzene rings is 1. The topological polar surface area (TPSA) is 50.4 Å². The summed E-state index contributed by atoms with van der Waals surface area (Å²) in [7, 11) is 0. The van der Waals surface area contributed by atoms with Crippen LogP contribution >= 0.6 is 12.2 Å². The minimum atomic E-state index is -0.441. The largest absolute Gasteiger partial charge is 0.463 e. The molecule has 0 fully saturated rings. The molecule has 0 amide bonds. The Morgan fingerprint density at radius 1 is 1.40 bits per heavy atom. The molecule has 1 atom stereocenters. The molecule has 0 saturated heterocycles. The third kappa shape index (κ3) is 2.96. The van der Waals surface area contributed by atoms with Crippen molar-refractivity contribution in [2.75, 3.05) is 6.61 Å². The van der Waals surface area contributed by atoms with Gasteiger partial charge < -0.3 is 15.4 Å². The first-order valence-electron chi connectivity index (χ1n) is 6.23. The van der Waals surface area contributed by atoms with Gasteiger partial charge in [0.15, 0.2) is 5.11 Å². The van der Waals surface area contributed by atoms with Gasteiger partial charge in [-0.25, -0.2) is 9.18 Å². The van der Waals surface area contributed by atoms with Gasteiger partial charge in [0.1, 0.15) is 5.82 Å². The summed E-state index contributed by atoms with van der Waals surface area (Å²) in [6.07, 6.45) is 0. The Morgan fingerprint density at radius 2 is 2.05 bits per heavy atom. The van der Waals surface area contributed by atoms with E-state index in [1.165, 1.54) is 12.1 Å². The maximum Gasteiger partial charge on any atom is 0.338 e. The Hall–Kier alpha value is -1.95. The Bertz CT molecular complexity index is 569. The fraction of sp³-hybridized carbons (Fsp3) is 0.286. The molecule has 2 rings (SSSR count). The highest BCUT2D eigenvalue weighted by molar-refractivity contribution is 7.80. The number of allylic oxidation sites excluding steroid dienone is 1. The van der Waals surface area contributed by atoms with Crippen molar-refractivity contribution in [2.45, 2.75) is 19.9 Å². The number of hydrogen-bond acceptors (Lipinski definition) is 3. The van der Waals surface area contributed by atoms with Crippen molar-refractivity contribution in [3.8, 4) is 0 Å². The van der Waals surface area contributed by atoms with Crippen molar-refractivity contribution >= 4 is 23.3 Å². The molecule has 0 spiro atoms. The molecule has 1 aliphatic heterocycles. The molecule has 0 aliphatic carbocycles. The zero-order valence-electron chi connectivity index (χ0n) is 11.2. The van der Waals surface area contributed by atoms with Crippen LogP contribution in [0.4, 0.5) is 4.39 Å². The van der Waals surface area contributed by atoms with Crippen LogP contribution in [0, 0.1) is 5.82 Å². The lowest BCUT2D eigenvalue weighted by atomic mass is 9.96. The first-order chi connectivity index (χ1) is 9.52. The molecular formula is C14H15FN2O2S. The number of hydrogen-bond donors (Lipinski definition) is 2. The second-order valence-electron chi connectivity index (χ2n) is 4.34. The number of nitrogens with one attached hydrogen (secondary N) is 2. The van der Waals surface area contributed by atoms with Crippen molar-refractivity contribution < 1.29 is 13.9 Å². The minimum absolute atomic E-state index is 0.288. The van der Waals surface area contributed by atoms with E-state index in [0.29, 0.717) is 16.4 Å². The molecule has 1 heterocycles. The summed E-state index contributed by atoms with van der Waals surface area (Å²) in [5.74, 6) is -0.745. The highest BCUT2D eigenvalue weighted by atomic mass is 32.1. The normalized spacial score (nSPS) is 18.4.